The summed E-state index contributed by atoms with van der Waals surface area (Å²) >= 11 is 0. The highest BCUT2D eigenvalue weighted by atomic mass is 28.4. The van der Waals surface area contributed by atoms with E-state index in [2.05, 4.69) is 32.8 Å². The third kappa shape index (κ3) is 10.2. The maximum atomic E-state index is 6.10. The maximum Gasteiger partial charge on any atom is 0.170 e. The predicted molar refractivity (Wildman–Crippen MR) is 70.9 cm³/mol. The first kappa shape index (κ1) is 14.1. The molecule has 1 unspecified atom stereocenters. The molecule has 0 aromatic rings. The molecule has 1 nitrogen and oxygen atoms in total. The van der Waals surface area contributed by atoms with E-state index in [1.165, 1.54) is 31.7 Å². The smallest absolute Gasteiger partial charge is 0.170 e. The van der Waals surface area contributed by atoms with Gasteiger partial charge in [0.25, 0.3) is 0 Å². The number of hydrogen-bond donors (Lipinski definition) is 0. The van der Waals surface area contributed by atoms with E-state index in [0.717, 1.165) is 0 Å². The highest BCUT2D eigenvalue weighted by molar-refractivity contribution is 6.77. The Labute approximate surface area is 92.4 Å². The first-order valence-corrected chi connectivity index (χ1v) is 11.6. The van der Waals surface area contributed by atoms with Crippen LogP contribution in [0.5, 0.6) is 0 Å². The van der Waals surface area contributed by atoms with Crippen LogP contribution in [0.25, 0.3) is 0 Å². The highest BCUT2D eigenvalue weighted by Crippen LogP contribution is 2.12. The van der Waals surface area contributed by atoms with E-state index in [1.54, 1.807) is 0 Å². The van der Waals surface area contributed by atoms with Crippen LogP contribution in [-0.4, -0.2) is 17.4 Å². The molecule has 0 aromatic carbocycles. The Balaban J connectivity index is 3.35. The van der Waals surface area contributed by atoms with Crippen LogP contribution in [0, 0.1) is 0 Å². The lowest BCUT2D eigenvalue weighted by molar-refractivity contribution is 0.565. The zero-order chi connectivity index (χ0) is 11.0. The van der Waals surface area contributed by atoms with E-state index in [4.69, 9.17) is 4.12 Å². The summed E-state index contributed by atoms with van der Waals surface area (Å²) in [5, 5.41) is 0. The van der Waals surface area contributed by atoms with E-state index < -0.39 is 17.4 Å². The van der Waals surface area contributed by atoms with Gasteiger partial charge in [-0.25, -0.2) is 0 Å². The monoisotopic (exact) mass is 230 g/mol. The molecule has 0 aromatic heterocycles. The Morgan fingerprint density at radius 3 is 2.36 bits per heavy atom. The van der Waals surface area contributed by atoms with Gasteiger partial charge in [0.1, 0.15) is 0 Å². The molecule has 3 heteroatoms. The number of unbranched alkanes of at least 4 members (excludes halogenated alkanes) is 3. The molecule has 0 amide bonds. The minimum Gasteiger partial charge on any atom is -0.458 e. The third-order valence-corrected chi connectivity index (χ3v) is 7.73. The summed E-state index contributed by atoms with van der Waals surface area (Å²) in [6.45, 7) is 12.9. The van der Waals surface area contributed by atoms with E-state index in [1.807, 2.05) is 6.08 Å². The van der Waals surface area contributed by atoms with Crippen molar-refractivity contribution in [3.05, 3.63) is 12.7 Å². The van der Waals surface area contributed by atoms with Crippen LogP contribution in [0.15, 0.2) is 12.7 Å². The highest BCUT2D eigenvalue weighted by Gasteiger charge is 2.17. The molecule has 0 radical (unpaired) electrons. The van der Waals surface area contributed by atoms with Crippen LogP contribution in [0.3, 0.4) is 0 Å². The van der Waals surface area contributed by atoms with Crippen LogP contribution in [0.4, 0.5) is 0 Å². The quantitative estimate of drug-likeness (QED) is 0.349. The van der Waals surface area contributed by atoms with Gasteiger partial charge in [-0.3, -0.25) is 0 Å². The molecule has 0 aliphatic rings. The van der Waals surface area contributed by atoms with Crippen molar-refractivity contribution in [1.29, 1.82) is 0 Å². The second-order valence-corrected chi connectivity index (χ2v) is 12.3. The summed E-state index contributed by atoms with van der Waals surface area (Å²) in [4.78, 5) is 0. The first-order chi connectivity index (χ1) is 6.45. The van der Waals surface area contributed by atoms with E-state index in [9.17, 15) is 0 Å². The number of hydrogen-bond acceptors (Lipinski definition) is 1. The largest absolute Gasteiger partial charge is 0.458 e. The van der Waals surface area contributed by atoms with Crippen molar-refractivity contribution >= 4 is 17.4 Å². The topological polar surface area (TPSA) is 9.23 Å². The average molecular weight is 230 g/mol. The third-order valence-electron chi connectivity index (χ3n) is 2.07. The van der Waals surface area contributed by atoms with Crippen molar-refractivity contribution in [1.82, 2.24) is 0 Å². The summed E-state index contributed by atoms with van der Waals surface area (Å²) in [7, 11) is -2.09. The molecular formula is C11H26OSi2. The van der Waals surface area contributed by atoms with Gasteiger partial charge in [-0.05, 0) is 45.1 Å². The van der Waals surface area contributed by atoms with E-state index >= 15 is 0 Å². The Morgan fingerprint density at radius 2 is 1.86 bits per heavy atom. The van der Waals surface area contributed by atoms with Gasteiger partial charge in [0, 0.05) is 0 Å². The summed E-state index contributed by atoms with van der Waals surface area (Å²) in [6, 6.07) is 1.35. The SMILES string of the molecule is C=CCCCCC[SiH](C)O[Si](C)(C)C. The molecule has 84 valence electrons. The zero-order valence-electron chi connectivity index (χ0n) is 10.3. The summed E-state index contributed by atoms with van der Waals surface area (Å²) in [6.07, 6.45) is 7.19. The predicted octanol–water partition coefficient (Wildman–Crippen LogP) is 3.94. The molecule has 0 saturated heterocycles. The average Bonchev–Trinajstić information content (AvgIpc) is 2.00. The molecule has 0 bridgehead atoms. The minimum absolute atomic E-state index is 0.843. The molecule has 0 heterocycles. The molecule has 0 N–H and O–H groups in total. The Kier molecular flexibility index (Phi) is 7.50. The van der Waals surface area contributed by atoms with Gasteiger partial charge < -0.3 is 4.12 Å². The van der Waals surface area contributed by atoms with Crippen molar-refractivity contribution in [3.63, 3.8) is 0 Å². The fourth-order valence-electron chi connectivity index (χ4n) is 1.56. The van der Waals surface area contributed by atoms with Crippen molar-refractivity contribution in [2.45, 2.75) is 57.9 Å². The van der Waals surface area contributed by atoms with E-state index in [-0.39, 0.29) is 0 Å². The number of allylic oxidation sites excluding steroid dienone is 1. The second kappa shape index (κ2) is 7.43. The fourth-order valence-corrected chi connectivity index (χ4v) is 7.72. The van der Waals surface area contributed by atoms with E-state index in [0.29, 0.717) is 0 Å². The minimum atomic E-state index is -1.25. The van der Waals surface area contributed by atoms with Crippen molar-refractivity contribution in [3.8, 4) is 0 Å². The normalized spacial score (nSPS) is 14.0. The fraction of sp³-hybridized carbons (Fsp3) is 0.818. The van der Waals surface area contributed by atoms with Crippen LogP contribution in [0.2, 0.25) is 32.2 Å². The van der Waals surface area contributed by atoms with Crippen molar-refractivity contribution in [2.24, 2.45) is 0 Å². The first-order valence-electron chi connectivity index (χ1n) is 5.74. The standard InChI is InChI=1S/C11H26OSi2/c1-6-7-8-9-10-11-13(2)12-14(3,4)5/h6,13H,1,7-11H2,2-5H3. The summed E-state index contributed by atoms with van der Waals surface area (Å²) in [5.74, 6) is 0. The lowest BCUT2D eigenvalue weighted by Gasteiger charge is -2.22. The zero-order valence-corrected chi connectivity index (χ0v) is 12.5. The summed E-state index contributed by atoms with van der Waals surface area (Å²) in [5.41, 5.74) is 0. The van der Waals surface area contributed by atoms with Gasteiger partial charge in [0.15, 0.2) is 17.4 Å². The molecule has 0 fully saturated rings. The molecule has 14 heavy (non-hydrogen) atoms. The second-order valence-electron chi connectivity index (χ2n) is 4.97. The van der Waals surface area contributed by atoms with Gasteiger partial charge in [-0.15, -0.1) is 6.58 Å². The molecule has 0 saturated carbocycles. The molecule has 0 aliphatic carbocycles. The van der Waals surface area contributed by atoms with Crippen LogP contribution in [-0.2, 0) is 4.12 Å². The molecular weight excluding hydrogens is 204 g/mol. The lowest BCUT2D eigenvalue weighted by Crippen LogP contribution is -2.32. The van der Waals surface area contributed by atoms with Crippen molar-refractivity contribution < 1.29 is 4.12 Å². The van der Waals surface area contributed by atoms with Crippen molar-refractivity contribution in [2.75, 3.05) is 0 Å². The van der Waals surface area contributed by atoms with Crippen LogP contribution >= 0.6 is 0 Å². The lowest BCUT2D eigenvalue weighted by atomic mass is 10.2. The van der Waals surface area contributed by atoms with Gasteiger partial charge in [-0.2, -0.15) is 0 Å². The summed E-state index contributed by atoms with van der Waals surface area (Å²) < 4.78 is 6.10. The molecule has 0 rings (SSSR count). The Bertz CT molecular complexity index is 152. The molecule has 0 spiro atoms. The van der Waals surface area contributed by atoms with Gasteiger partial charge in [-0.1, -0.05) is 18.9 Å². The molecule has 0 aliphatic heterocycles. The Morgan fingerprint density at radius 1 is 1.21 bits per heavy atom. The van der Waals surface area contributed by atoms with Gasteiger partial charge in [0.2, 0.25) is 0 Å². The van der Waals surface area contributed by atoms with Gasteiger partial charge in [0.05, 0.1) is 0 Å². The van der Waals surface area contributed by atoms with Crippen LogP contribution in [0.1, 0.15) is 25.7 Å². The van der Waals surface area contributed by atoms with Crippen LogP contribution < -0.4 is 0 Å². The molecule has 1 atom stereocenters. The number of rotatable bonds is 8. The maximum absolute atomic E-state index is 6.10. The van der Waals surface area contributed by atoms with Gasteiger partial charge >= 0.3 is 0 Å². The Hall–Kier alpha value is 0.134.